The lowest BCUT2D eigenvalue weighted by Gasteiger charge is -2.12. The Hall–Kier alpha value is -7.63. The third kappa shape index (κ3) is 5.21. The number of benzene rings is 8. The van der Waals surface area contributed by atoms with Gasteiger partial charge in [-0.1, -0.05) is 158 Å². The summed E-state index contributed by atoms with van der Waals surface area (Å²) >= 11 is 0. The summed E-state index contributed by atoms with van der Waals surface area (Å²) in [7, 11) is 0. The van der Waals surface area contributed by atoms with Crippen molar-refractivity contribution in [2.75, 3.05) is 0 Å². The number of rotatable bonds is 6. The van der Waals surface area contributed by atoms with Gasteiger partial charge in [0.15, 0.2) is 17.5 Å². The molecule has 0 unspecified atom stereocenters. The maximum absolute atomic E-state index is 4.95. The van der Waals surface area contributed by atoms with Crippen molar-refractivity contribution in [2.24, 2.45) is 0 Å². The molecule has 3 heterocycles. The van der Waals surface area contributed by atoms with Crippen molar-refractivity contribution in [1.82, 2.24) is 24.1 Å². The van der Waals surface area contributed by atoms with Gasteiger partial charge in [0.05, 0.1) is 22.1 Å². The molecule has 8 aromatic carbocycles. The summed E-state index contributed by atoms with van der Waals surface area (Å²) in [4.78, 5) is 14.8. The summed E-state index contributed by atoms with van der Waals surface area (Å²) in [5, 5.41) is 4.95. The summed E-state index contributed by atoms with van der Waals surface area (Å²) in [6.07, 6.45) is 0. The minimum Gasteiger partial charge on any atom is -0.309 e. The fourth-order valence-electron chi connectivity index (χ4n) is 8.21. The highest BCUT2D eigenvalue weighted by atomic mass is 15.0. The smallest absolute Gasteiger partial charge is 0.164 e. The van der Waals surface area contributed by atoms with Gasteiger partial charge >= 0.3 is 0 Å². The predicted molar refractivity (Wildman–Crippen MR) is 230 cm³/mol. The first-order chi connectivity index (χ1) is 27.8. The van der Waals surface area contributed by atoms with Crippen molar-refractivity contribution in [3.63, 3.8) is 0 Å². The molecule has 3 aromatic heterocycles. The van der Waals surface area contributed by atoms with E-state index < -0.39 is 0 Å². The minimum absolute atomic E-state index is 0.641. The van der Waals surface area contributed by atoms with Crippen molar-refractivity contribution < 1.29 is 0 Å². The Kier molecular flexibility index (Phi) is 7.42. The van der Waals surface area contributed by atoms with E-state index in [4.69, 9.17) is 15.0 Å². The Morgan fingerprint density at radius 2 is 0.768 bits per heavy atom. The van der Waals surface area contributed by atoms with Crippen LogP contribution in [0.5, 0.6) is 0 Å². The largest absolute Gasteiger partial charge is 0.309 e. The average molecular weight is 716 g/mol. The third-order valence-corrected chi connectivity index (χ3v) is 10.8. The Balaban J connectivity index is 1.06. The van der Waals surface area contributed by atoms with Crippen LogP contribution in [0.2, 0.25) is 0 Å². The fraction of sp³-hybridized carbons (Fsp3) is 0. The first-order valence-electron chi connectivity index (χ1n) is 18.9. The van der Waals surface area contributed by atoms with Crippen LogP contribution in [0.1, 0.15) is 0 Å². The van der Waals surface area contributed by atoms with Gasteiger partial charge in [-0.25, -0.2) is 15.0 Å². The first-order valence-corrected chi connectivity index (χ1v) is 18.9. The molecular formula is C51H33N5. The molecule has 0 fully saturated rings. The van der Waals surface area contributed by atoms with Crippen molar-refractivity contribution in [3.8, 4) is 56.7 Å². The molecule has 0 saturated carbocycles. The zero-order chi connectivity index (χ0) is 37.0. The quantitative estimate of drug-likeness (QED) is 0.172. The lowest BCUT2D eigenvalue weighted by molar-refractivity contribution is 1.07. The molecule has 0 aliphatic rings. The van der Waals surface area contributed by atoms with Crippen molar-refractivity contribution in [3.05, 3.63) is 200 Å². The van der Waals surface area contributed by atoms with E-state index in [-0.39, 0.29) is 0 Å². The molecule has 5 heteroatoms. The van der Waals surface area contributed by atoms with Gasteiger partial charge in [-0.15, -0.1) is 0 Å². The van der Waals surface area contributed by atoms with E-state index in [1.807, 2.05) is 60.7 Å². The molecule has 262 valence electrons. The third-order valence-electron chi connectivity index (χ3n) is 10.8. The number of nitrogens with zero attached hydrogens (tertiary/aromatic N) is 5. The van der Waals surface area contributed by atoms with Crippen LogP contribution in [0, 0.1) is 0 Å². The Labute approximate surface area is 323 Å². The zero-order valence-electron chi connectivity index (χ0n) is 30.3. The van der Waals surface area contributed by atoms with E-state index in [0.717, 1.165) is 39.2 Å². The summed E-state index contributed by atoms with van der Waals surface area (Å²) in [5.41, 5.74) is 12.1. The van der Waals surface area contributed by atoms with E-state index in [1.165, 1.54) is 43.6 Å². The SMILES string of the molecule is c1ccc(-c2nc(-c3ccccc3)nc(-c3ccc(-c4cccc(-n5c6ccccc6c6ccc7c(c8ccccc8n7-c7ccccc7)c65)c4)cc3)n2)cc1. The lowest BCUT2D eigenvalue weighted by Crippen LogP contribution is -2.00. The van der Waals surface area contributed by atoms with E-state index in [9.17, 15) is 0 Å². The van der Waals surface area contributed by atoms with Crippen LogP contribution in [-0.2, 0) is 0 Å². The predicted octanol–water partition coefficient (Wildman–Crippen LogP) is 12.7. The Morgan fingerprint density at radius 3 is 1.41 bits per heavy atom. The highest BCUT2D eigenvalue weighted by molar-refractivity contribution is 6.26. The monoisotopic (exact) mass is 715 g/mol. The molecule has 5 nitrogen and oxygen atoms in total. The molecule has 0 bridgehead atoms. The molecule has 0 atom stereocenters. The maximum atomic E-state index is 4.95. The number of hydrogen-bond acceptors (Lipinski definition) is 3. The summed E-state index contributed by atoms with van der Waals surface area (Å²) in [6.45, 7) is 0. The zero-order valence-corrected chi connectivity index (χ0v) is 30.3. The van der Waals surface area contributed by atoms with E-state index in [1.54, 1.807) is 0 Å². The van der Waals surface area contributed by atoms with Crippen LogP contribution in [0.3, 0.4) is 0 Å². The maximum Gasteiger partial charge on any atom is 0.164 e. The van der Waals surface area contributed by atoms with Crippen LogP contribution >= 0.6 is 0 Å². The molecule has 0 amide bonds. The van der Waals surface area contributed by atoms with Crippen molar-refractivity contribution in [1.29, 1.82) is 0 Å². The van der Waals surface area contributed by atoms with Gasteiger partial charge in [-0.05, 0) is 53.6 Å². The first kappa shape index (κ1) is 31.9. The molecule has 0 N–H and O–H groups in total. The Bertz CT molecular complexity index is 3160. The standard InChI is InChI=1S/C51H33N5/c1-4-15-35(16-5-1)49-52-50(36-17-6-2-7-18-36)54-51(53-49)37-29-27-34(28-30-37)38-19-14-22-40(33-38)56-44-25-12-10-23-41(44)42-31-32-46-47(48(42)56)43-24-11-13-26-45(43)55(46)39-20-8-3-9-21-39/h1-33H. The van der Waals surface area contributed by atoms with Crippen LogP contribution in [-0.4, -0.2) is 24.1 Å². The van der Waals surface area contributed by atoms with E-state index in [0.29, 0.717) is 17.5 Å². The second kappa shape index (κ2) is 13.0. The number of aromatic nitrogens is 5. The van der Waals surface area contributed by atoms with Gasteiger partial charge < -0.3 is 9.13 Å². The summed E-state index contributed by atoms with van der Waals surface area (Å²) in [5.74, 6) is 1.94. The van der Waals surface area contributed by atoms with E-state index in [2.05, 4.69) is 149 Å². The normalized spacial score (nSPS) is 11.6. The molecule has 0 aliphatic heterocycles. The Morgan fingerprint density at radius 1 is 0.286 bits per heavy atom. The molecule has 56 heavy (non-hydrogen) atoms. The number of para-hydroxylation sites is 3. The van der Waals surface area contributed by atoms with Crippen LogP contribution in [0.25, 0.3) is 100 Å². The molecule has 11 aromatic rings. The van der Waals surface area contributed by atoms with Crippen molar-refractivity contribution >= 4 is 43.6 Å². The molecule has 0 aliphatic carbocycles. The van der Waals surface area contributed by atoms with Gasteiger partial charge in [-0.2, -0.15) is 0 Å². The van der Waals surface area contributed by atoms with Gasteiger partial charge in [-0.3, -0.25) is 0 Å². The van der Waals surface area contributed by atoms with Gasteiger partial charge in [0, 0.05) is 49.6 Å². The second-order valence-electron chi connectivity index (χ2n) is 14.1. The number of fused-ring (bicyclic) bond motifs is 7. The van der Waals surface area contributed by atoms with Gasteiger partial charge in [0.25, 0.3) is 0 Å². The fourth-order valence-corrected chi connectivity index (χ4v) is 8.21. The highest BCUT2D eigenvalue weighted by Crippen LogP contribution is 2.42. The molecule has 11 rings (SSSR count). The highest BCUT2D eigenvalue weighted by Gasteiger charge is 2.21. The summed E-state index contributed by atoms with van der Waals surface area (Å²) < 4.78 is 4.84. The minimum atomic E-state index is 0.641. The summed E-state index contributed by atoms with van der Waals surface area (Å²) in [6, 6.07) is 70.4. The van der Waals surface area contributed by atoms with Gasteiger partial charge in [0.1, 0.15) is 0 Å². The van der Waals surface area contributed by atoms with Crippen LogP contribution < -0.4 is 0 Å². The molecule has 0 saturated heterocycles. The van der Waals surface area contributed by atoms with Gasteiger partial charge in [0.2, 0.25) is 0 Å². The van der Waals surface area contributed by atoms with E-state index >= 15 is 0 Å². The average Bonchev–Trinajstić information content (AvgIpc) is 3.80. The van der Waals surface area contributed by atoms with Crippen LogP contribution in [0.15, 0.2) is 200 Å². The van der Waals surface area contributed by atoms with Crippen LogP contribution in [0.4, 0.5) is 0 Å². The lowest BCUT2D eigenvalue weighted by atomic mass is 10.0. The second-order valence-corrected chi connectivity index (χ2v) is 14.1. The molecule has 0 spiro atoms. The number of hydrogen-bond donors (Lipinski definition) is 0. The topological polar surface area (TPSA) is 48.5 Å². The molecule has 0 radical (unpaired) electrons. The van der Waals surface area contributed by atoms with Crippen molar-refractivity contribution in [2.45, 2.75) is 0 Å². The molecular weight excluding hydrogens is 683 g/mol.